The van der Waals surface area contributed by atoms with Gasteiger partial charge < -0.3 is 15.3 Å². The SMILES string of the molecule is O=C(O)c1cn(C2CN(C(=O)NCc3cncs3)C2)nn1. The van der Waals surface area contributed by atoms with Crippen molar-refractivity contribution < 1.29 is 14.7 Å². The van der Waals surface area contributed by atoms with Crippen LogP contribution in [-0.2, 0) is 6.54 Å². The fourth-order valence-corrected chi connectivity index (χ4v) is 2.48. The molecule has 0 aromatic carbocycles. The average Bonchev–Trinajstić information content (AvgIpc) is 3.06. The molecule has 3 heterocycles. The van der Waals surface area contributed by atoms with Crippen molar-refractivity contribution in [2.24, 2.45) is 0 Å². The van der Waals surface area contributed by atoms with E-state index in [1.807, 2.05) is 0 Å². The number of nitrogens with one attached hydrogen (secondary N) is 1. The summed E-state index contributed by atoms with van der Waals surface area (Å²) in [6.45, 7) is 1.42. The molecule has 1 aliphatic rings. The van der Waals surface area contributed by atoms with Crippen LogP contribution in [0.25, 0.3) is 0 Å². The first-order valence-corrected chi connectivity index (χ1v) is 7.06. The van der Waals surface area contributed by atoms with Gasteiger partial charge in [-0.15, -0.1) is 16.4 Å². The number of aromatic nitrogens is 4. The zero-order valence-corrected chi connectivity index (χ0v) is 11.7. The quantitative estimate of drug-likeness (QED) is 0.834. The predicted octanol–water partition coefficient (Wildman–Crippen LogP) is 0.199. The van der Waals surface area contributed by atoms with Crippen molar-refractivity contribution in [2.75, 3.05) is 13.1 Å². The van der Waals surface area contributed by atoms with Crippen molar-refractivity contribution in [3.05, 3.63) is 28.5 Å². The highest BCUT2D eigenvalue weighted by atomic mass is 32.1. The first kappa shape index (κ1) is 13.5. The molecule has 9 nitrogen and oxygen atoms in total. The van der Waals surface area contributed by atoms with Gasteiger partial charge in [-0.2, -0.15) is 0 Å². The molecule has 21 heavy (non-hydrogen) atoms. The van der Waals surface area contributed by atoms with E-state index in [0.717, 1.165) is 4.88 Å². The fraction of sp³-hybridized carbons (Fsp3) is 0.364. The van der Waals surface area contributed by atoms with Crippen LogP contribution >= 0.6 is 11.3 Å². The molecule has 0 bridgehead atoms. The van der Waals surface area contributed by atoms with Gasteiger partial charge in [-0.05, 0) is 0 Å². The van der Waals surface area contributed by atoms with E-state index < -0.39 is 5.97 Å². The van der Waals surface area contributed by atoms with Crippen LogP contribution in [0.2, 0.25) is 0 Å². The third kappa shape index (κ3) is 2.84. The van der Waals surface area contributed by atoms with E-state index in [1.165, 1.54) is 22.2 Å². The molecular weight excluding hydrogens is 296 g/mol. The second-order valence-corrected chi connectivity index (χ2v) is 5.55. The van der Waals surface area contributed by atoms with Gasteiger partial charge in [0.25, 0.3) is 0 Å². The Morgan fingerprint density at radius 2 is 2.29 bits per heavy atom. The molecule has 0 unspecified atom stereocenters. The lowest BCUT2D eigenvalue weighted by molar-refractivity contribution is 0.0690. The van der Waals surface area contributed by atoms with E-state index in [9.17, 15) is 9.59 Å². The predicted molar refractivity (Wildman–Crippen MR) is 71.9 cm³/mol. The van der Waals surface area contributed by atoms with Gasteiger partial charge in [0.1, 0.15) is 0 Å². The van der Waals surface area contributed by atoms with Crippen LogP contribution < -0.4 is 5.32 Å². The second kappa shape index (κ2) is 5.48. The van der Waals surface area contributed by atoms with Gasteiger partial charge in [0.15, 0.2) is 5.69 Å². The number of rotatable bonds is 4. The second-order valence-electron chi connectivity index (χ2n) is 4.57. The fourth-order valence-electron chi connectivity index (χ4n) is 1.95. The Kier molecular flexibility index (Phi) is 3.52. The molecule has 1 saturated heterocycles. The zero-order chi connectivity index (χ0) is 14.8. The largest absolute Gasteiger partial charge is 0.476 e. The lowest BCUT2D eigenvalue weighted by atomic mass is 10.1. The molecule has 110 valence electrons. The minimum Gasteiger partial charge on any atom is -0.476 e. The minimum absolute atomic E-state index is 0.0280. The van der Waals surface area contributed by atoms with E-state index in [4.69, 9.17) is 5.11 Å². The van der Waals surface area contributed by atoms with E-state index in [-0.39, 0.29) is 17.8 Å². The Morgan fingerprint density at radius 3 is 2.90 bits per heavy atom. The summed E-state index contributed by atoms with van der Waals surface area (Å²) in [4.78, 5) is 29.1. The molecule has 3 rings (SSSR count). The van der Waals surface area contributed by atoms with Crippen molar-refractivity contribution in [1.82, 2.24) is 30.2 Å². The number of amides is 2. The number of hydrogen-bond acceptors (Lipinski definition) is 6. The van der Waals surface area contributed by atoms with Crippen molar-refractivity contribution in [2.45, 2.75) is 12.6 Å². The van der Waals surface area contributed by atoms with Crippen LogP contribution in [0.5, 0.6) is 0 Å². The maximum Gasteiger partial charge on any atom is 0.358 e. The number of carbonyl (C=O) groups is 2. The molecule has 2 N–H and O–H groups in total. The molecule has 2 amide bonds. The highest BCUT2D eigenvalue weighted by Gasteiger charge is 2.33. The van der Waals surface area contributed by atoms with Crippen molar-refractivity contribution >= 4 is 23.3 Å². The highest BCUT2D eigenvalue weighted by molar-refractivity contribution is 7.09. The monoisotopic (exact) mass is 308 g/mol. The van der Waals surface area contributed by atoms with E-state index in [1.54, 1.807) is 16.6 Å². The summed E-state index contributed by atoms with van der Waals surface area (Å²) >= 11 is 1.48. The normalized spacial score (nSPS) is 14.8. The summed E-state index contributed by atoms with van der Waals surface area (Å²) in [5.74, 6) is -1.11. The lowest BCUT2D eigenvalue weighted by Crippen LogP contribution is -2.54. The van der Waals surface area contributed by atoms with Crippen molar-refractivity contribution in [3.8, 4) is 0 Å². The summed E-state index contributed by atoms with van der Waals surface area (Å²) in [6, 6.07) is -0.182. The van der Waals surface area contributed by atoms with Gasteiger partial charge in [-0.25, -0.2) is 14.3 Å². The highest BCUT2D eigenvalue weighted by Crippen LogP contribution is 2.20. The summed E-state index contributed by atoms with van der Waals surface area (Å²) in [5, 5.41) is 18.9. The van der Waals surface area contributed by atoms with Gasteiger partial charge in [-0.3, -0.25) is 4.98 Å². The Balaban J connectivity index is 1.48. The molecule has 1 fully saturated rings. The Labute approximate surface area is 123 Å². The third-order valence-electron chi connectivity index (χ3n) is 3.15. The number of carboxylic acids is 1. The maximum atomic E-state index is 11.9. The molecule has 1 aliphatic heterocycles. The summed E-state index contributed by atoms with van der Waals surface area (Å²) < 4.78 is 1.48. The van der Waals surface area contributed by atoms with E-state index >= 15 is 0 Å². The standard InChI is InChI=1S/C11H12N6O3S/c18-10(19)9-5-17(15-14-9)7-3-16(4-7)11(20)13-2-8-1-12-6-21-8/h1,5-7H,2-4H2,(H,13,20)(H,18,19). The first-order valence-electron chi connectivity index (χ1n) is 6.19. The molecule has 2 aromatic rings. The number of thiazole rings is 1. The first-order chi connectivity index (χ1) is 10.1. The van der Waals surface area contributed by atoms with Gasteiger partial charge in [0.2, 0.25) is 0 Å². The molecule has 2 aromatic heterocycles. The van der Waals surface area contributed by atoms with E-state index in [0.29, 0.717) is 19.6 Å². The Hall–Kier alpha value is -2.49. The van der Waals surface area contributed by atoms with Crippen LogP contribution in [0.15, 0.2) is 17.9 Å². The molecule has 0 spiro atoms. The molecule has 0 atom stereocenters. The smallest absolute Gasteiger partial charge is 0.358 e. The van der Waals surface area contributed by atoms with Crippen LogP contribution in [0.3, 0.4) is 0 Å². The zero-order valence-electron chi connectivity index (χ0n) is 10.8. The topological polar surface area (TPSA) is 113 Å². The summed E-state index contributed by atoms with van der Waals surface area (Å²) in [6.07, 6.45) is 3.09. The van der Waals surface area contributed by atoms with Crippen LogP contribution in [-0.4, -0.2) is 55.1 Å². The minimum atomic E-state index is -1.11. The number of likely N-dealkylation sites (tertiary alicyclic amines) is 1. The lowest BCUT2D eigenvalue weighted by Gasteiger charge is -2.38. The molecule has 0 radical (unpaired) electrons. The van der Waals surface area contributed by atoms with Gasteiger partial charge in [-0.1, -0.05) is 5.21 Å². The number of carbonyl (C=O) groups excluding carboxylic acids is 1. The number of urea groups is 1. The summed E-state index contributed by atoms with van der Waals surface area (Å²) in [7, 11) is 0. The number of aromatic carboxylic acids is 1. The molecule has 0 aliphatic carbocycles. The Morgan fingerprint density at radius 1 is 1.48 bits per heavy atom. The van der Waals surface area contributed by atoms with Crippen molar-refractivity contribution in [3.63, 3.8) is 0 Å². The van der Waals surface area contributed by atoms with Gasteiger partial charge in [0, 0.05) is 24.2 Å². The number of carboxylic acid groups (broad SMARTS) is 1. The maximum absolute atomic E-state index is 11.9. The number of nitrogens with zero attached hydrogens (tertiary/aromatic N) is 5. The van der Waals surface area contributed by atoms with Crippen LogP contribution in [0, 0.1) is 0 Å². The molecule has 0 saturated carbocycles. The van der Waals surface area contributed by atoms with Crippen LogP contribution in [0.4, 0.5) is 4.79 Å². The third-order valence-corrected chi connectivity index (χ3v) is 3.93. The molecule has 10 heteroatoms. The Bertz CT molecular complexity index is 649. The van der Waals surface area contributed by atoms with Gasteiger partial charge >= 0.3 is 12.0 Å². The summed E-state index contributed by atoms with van der Waals surface area (Å²) in [5.41, 5.74) is 1.62. The van der Waals surface area contributed by atoms with E-state index in [2.05, 4.69) is 20.6 Å². The molecular formula is C11H12N6O3S. The van der Waals surface area contributed by atoms with Crippen molar-refractivity contribution in [1.29, 1.82) is 0 Å². The number of hydrogen-bond donors (Lipinski definition) is 2. The van der Waals surface area contributed by atoms with Crippen LogP contribution in [0.1, 0.15) is 21.4 Å². The van der Waals surface area contributed by atoms with Gasteiger partial charge in [0.05, 0.1) is 24.3 Å². The average molecular weight is 308 g/mol.